The number of aromatic nitrogens is 1. The third-order valence-corrected chi connectivity index (χ3v) is 5.91. The molecule has 1 amide bonds. The highest BCUT2D eigenvalue weighted by Crippen LogP contribution is 2.38. The van der Waals surface area contributed by atoms with Crippen LogP contribution in [0.25, 0.3) is 10.9 Å². The second-order valence-corrected chi connectivity index (χ2v) is 7.59. The van der Waals surface area contributed by atoms with Crippen molar-refractivity contribution in [1.82, 2.24) is 9.88 Å². The van der Waals surface area contributed by atoms with Crippen LogP contribution in [0.15, 0.2) is 58.3 Å². The number of nitrogens with zero attached hydrogens (tertiary/aromatic N) is 1. The summed E-state index contributed by atoms with van der Waals surface area (Å²) >= 11 is 1.64. The van der Waals surface area contributed by atoms with Gasteiger partial charge in [-0.15, -0.1) is 0 Å². The Kier molecular flexibility index (Phi) is 4.89. The fourth-order valence-electron chi connectivity index (χ4n) is 3.40. The predicted octanol–water partition coefficient (Wildman–Crippen LogP) is 4.95. The largest absolute Gasteiger partial charge is 0.497 e. The van der Waals surface area contributed by atoms with Crippen LogP contribution in [0, 0.1) is 0 Å². The number of carbonyl (C=O) groups is 1. The highest BCUT2D eigenvalue weighted by molar-refractivity contribution is 7.99. The summed E-state index contributed by atoms with van der Waals surface area (Å²) in [6, 6.07) is 16.1. The molecule has 0 unspecified atom stereocenters. The molecule has 26 heavy (non-hydrogen) atoms. The van der Waals surface area contributed by atoms with Gasteiger partial charge >= 0.3 is 0 Å². The molecule has 1 saturated heterocycles. The first kappa shape index (κ1) is 17.0. The molecule has 0 spiro atoms. The van der Waals surface area contributed by atoms with Crippen LogP contribution in [0.3, 0.4) is 0 Å². The van der Waals surface area contributed by atoms with Gasteiger partial charge in [-0.25, -0.2) is 0 Å². The van der Waals surface area contributed by atoms with Crippen molar-refractivity contribution in [3.63, 3.8) is 0 Å². The number of piperidine rings is 1. The van der Waals surface area contributed by atoms with E-state index >= 15 is 0 Å². The zero-order valence-corrected chi connectivity index (χ0v) is 15.6. The molecule has 0 aliphatic carbocycles. The van der Waals surface area contributed by atoms with Crippen molar-refractivity contribution in [2.24, 2.45) is 0 Å². The van der Waals surface area contributed by atoms with Crippen molar-refractivity contribution in [2.45, 2.75) is 29.1 Å². The van der Waals surface area contributed by atoms with Crippen molar-refractivity contribution in [3.8, 4) is 5.75 Å². The first-order chi connectivity index (χ1) is 12.8. The van der Waals surface area contributed by atoms with E-state index in [0.717, 1.165) is 52.4 Å². The van der Waals surface area contributed by atoms with E-state index in [1.54, 1.807) is 18.9 Å². The smallest absolute Gasteiger partial charge is 0.271 e. The van der Waals surface area contributed by atoms with Gasteiger partial charge in [-0.1, -0.05) is 30.0 Å². The quantitative estimate of drug-likeness (QED) is 0.710. The Hall–Kier alpha value is -2.40. The number of nitrogens with one attached hydrogen (secondary N) is 1. The Labute approximate surface area is 157 Å². The summed E-state index contributed by atoms with van der Waals surface area (Å²) in [6.45, 7) is 1.68. The fraction of sp³-hybridized carbons (Fsp3) is 0.286. The monoisotopic (exact) mass is 366 g/mol. The second kappa shape index (κ2) is 7.46. The average Bonchev–Trinajstić information content (AvgIpc) is 3.06. The second-order valence-electron chi connectivity index (χ2n) is 6.51. The molecule has 0 atom stereocenters. The number of benzene rings is 2. The summed E-state index contributed by atoms with van der Waals surface area (Å²) < 4.78 is 5.34. The van der Waals surface area contributed by atoms with E-state index in [0.29, 0.717) is 5.69 Å². The highest BCUT2D eigenvalue weighted by atomic mass is 32.2. The van der Waals surface area contributed by atoms with Crippen LogP contribution < -0.4 is 4.74 Å². The summed E-state index contributed by atoms with van der Waals surface area (Å²) in [5.41, 5.74) is 1.62. The lowest BCUT2D eigenvalue weighted by atomic mass is 10.1. The van der Waals surface area contributed by atoms with Gasteiger partial charge in [0.25, 0.3) is 5.91 Å². The normalized spacial score (nSPS) is 14.6. The number of hydrogen-bond acceptors (Lipinski definition) is 3. The van der Waals surface area contributed by atoms with Crippen LogP contribution in [0.2, 0.25) is 0 Å². The molecule has 0 saturated carbocycles. The maximum atomic E-state index is 13.2. The Morgan fingerprint density at radius 3 is 2.58 bits per heavy atom. The lowest BCUT2D eigenvalue weighted by Gasteiger charge is -2.26. The maximum Gasteiger partial charge on any atom is 0.271 e. The molecule has 1 aliphatic heterocycles. The number of fused-ring (bicyclic) bond motifs is 1. The molecule has 4 nitrogen and oxygen atoms in total. The number of hydrogen-bond donors (Lipinski definition) is 1. The molecule has 1 aliphatic rings. The number of methoxy groups -OCH3 is 1. The predicted molar refractivity (Wildman–Crippen MR) is 105 cm³/mol. The number of ether oxygens (including phenoxy) is 1. The molecule has 2 aromatic carbocycles. The molecule has 4 rings (SSSR count). The van der Waals surface area contributed by atoms with Gasteiger partial charge in [0.15, 0.2) is 0 Å². The standard InChI is InChI=1S/C21H22N2O2S/c1-25-15-10-11-17-18(14-15)22-19(21(24)23-12-6-3-7-13-23)20(17)26-16-8-4-2-5-9-16/h2,4-5,8-11,14,22H,3,6-7,12-13H2,1H3. The molecule has 5 heteroatoms. The number of carbonyl (C=O) groups excluding carboxylic acids is 1. The van der Waals surface area contributed by atoms with Crippen LogP contribution >= 0.6 is 11.8 Å². The van der Waals surface area contributed by atoms with Crippen LogP contribution in [0.5, 0.6) is 5.75 Å². The van der Waals surface area contributed by atoms with E-state index in [-0.39, 0.29) is 5.91 Å². The van der Waals surface area contributed by atoms with Gasteiger partial charge in [0, 0.05) is 29.4 Å². The number of likely N-dealkylation sites (tertiary alicyclic amines) is 1. The molecule has 0 bridgehead atoms. The molecule has 1 aromatic heterocycles. The zero-order chi connectivity index (χ0) is 17.9. The maximum absolute atomic E-state index is 13.2. The van der Waals surface area contributed by atoms with Crippen LogP contribution in [0.1, 0.15) is 29.8 Å². The Morgan fingerprint density at radius 1 is 1.08 bits per heavy atom. The van der Waals surface area contributed by atoms with E-state index in [1.165, 1.54) is 6.42 Å². The van der Waals surface area contributed by atoms with E-state index < -0.39 is 0 Å². The fourth-order valence-corrected chi connectivity index (χ4v) is 4.45. The van der Waals surface area contributed by atoms with Crippen LogP contribution in [0.4, 0.5) is 0 Å². The van der Waals surface area contributed by atoms with Crippen molar-refractivity contribution >= 4 is 28.6 Å². The molecule has 2 heterocycles. The molecule has 134 valence electrons. The van der Waals surface area contributed by atoms with Crippen molar-refractivity contribution < 1.29 is 9.53 Å². The molecule has 3 aromatic rings. The molecular weight excluding hydrogens is 344 g/mol. The SMILES string of the molecule is COc1ccc2c(Sc3ccccc3)c(C(=O)N3CCCCC3)[nH]c2c1. The number of aromatic amines is 1. The first-order valence-electron chi connectivity index (χ1n) is 8.98. The Morgan fingerprint density at radius 2 is 1.85 bits per heavy atom. The molecule has 0 radical (unpaired) electrons. The van der Waals surface area contributed by atoms with Gasteiger partial charge in [0.2, 0.25) is 0 Å². The molecule has 1 N–H and O–H groups in total. The van der Waals surface area contributed by atoms with Gasteiger partial charge in [0.05, 0.1) is 17.5 Å². The Bertz CT molecular complexity index is 914. The van der Waals surface area contributed by atoms with Gasteiger partial charge in [-0.05, 0) is 43.5 Å². The minimum absolute atomic E-state index is 0.0956. The van der Waals surface area contributed by atoms with E-state index in [1.807, 2.05) is 41.3 Å². The summed E-state index contributed by atoms with van der Waals surface area (Å²) in [6.07, 6.45) is 3.38. The third kappa shape index (κ3) is 3.31. The topological polar surface area (TPSA) is 45.3 Å². The minimum atomic E-state index is 0.0956. The molecular formula is C21H22N2O2S. The van der Waals surface area contributed by atoms with Gasteiger partial charge in [-0.2, -0.15) is 0 Å². The first-order valence-corrected chi connectivity index (χ1v) is 9.80. The number of rotatable bonds is 4. The van der Waals surface area contributed by atoms with Gasteiger partial charge in [0.1, 0.15) is 11.4 Å². The summed E-state index contributed by atoms with van der Waals surface area (Å²) in [7, 11) is 1.66. The Balaban J connectivity index is 1.78. The van der Waals surface area contributed by atoms with Crippen molar-refractivity contribution in [1.29, 1.82) is 0 Å². The molecule has 1 fully saturated rings. The van der Waals surface area contributed by atoms with Gasteiger partial charge < -0.3 is 14.6 Å². The number of H-pyrrole nitrogens is 1. The lowest BCUT2D eigenvalue weighted by molar-refractivity contribution is 0.0716. The van der Waals surface area contributed by atoms with Crippen molar-refractivity contribution in [3.05, 3.63) is 54.2 Å². The van der Waals surface area contributed by atoms with E-state index in [4.69, 9.17) is 4.74 Å². The summed E-state index contributed by atoms with van der Waals surface area (Å²) in [5.74, 6) is 0.880. The minimum Gasteiger partial charge on any atom is -0.497 e. The van der Waals surface area contributed by atoms with Crippen LogP contribution in [-0.4, -0.2) is 36.0 Å². The summed E-state index contributed by atoms with van der Waals surface area (Å²) in [5, 5.41) is 1.06. The van der Waals surface area contributed by atoms with E-state index in [2.05, 4.69) is 17.1 Å². The third-order valence-electron chi connectivity index (χ3n) is 4.78. The van der Waals surface area contributed by atoms with Gasteiger partial charge in [-0.3, -0.25) is 4.79 Å². The summed E-state index contributed by atoms with van der Waals surface area (Å²) in [4.78, 5) is 20.6. The zero-order valence-electron chi connectivity index (χ0n) is 14.8. The van der Waals surface area contributed by atoms with Crippen LogP contribution in [-0.2, 0) is 0 Å². The average molecular weight is 366 g/mol. The van der Waals surface area contributed by atoms with E-state index in [9.17, 15) is 4.79 Å². The highest BCUT2D eigenvalue weighted by Gasteiger charge is 2.25. The number of amides is 1. The lowest BCUT2D eigenvalue weighted by Crippen LogP contribution is -2.36. The van der Waals surface area contributed by atoms with Crippen molar-refractivity contribution in [2.75, 3.05) is 20.2 Å².